The number of carboxylic acids is 1. The number of nitrogens with zero attached hydrogens (tertiary/aromatic N) is 5. The van der Waals surface area contributed by atoms with Crippen molar-refractivity contribution in [2.45, 2.75) is 29.5 Å². The van der Waals surface area contributed by atoms with Crippen LogP contribution in [0, 0.1) is 0 Å². The van der Waals surface area contributed by atoms with E-state index in [1.54, 1.807) is 0 Å². The van der Waals surface area contributed by atoms with Gasteiger partial charge in [-0.3, -0.25) is 9.69 Å². The highest BCUT2D eigenvalue weighted by Crippen LogP contribution is 2.40. The van der Waals surface area contributed by atoms with Crippen LogP contribution in [0.1, 0.15) is 6.42 Å². The van der Waals surface area contributed by atoms with Gasteiger partial charge in [-0.15, -0.1) is 16.9 Å². The molecule has 0 bridgehead atoms. The van der Waals surface area contributed by atoms with Crippen molar-refractivity contribution in [2.75, 3.05) is 17.3 Å². The number of sulfonamides is 1. The Labute approximate surface area is 162 Å². The van der Waals surface area contributed by atoms with Gasteiger partial charge in [0.15, 0.2) is 0 Å². The summed E-state index contributed by atoms with van der Waals surface area (Å²) in [4.78, 5) is 24.8. The molecule has 27 heavy (non-hydrogen) atoms. The van der Waals surface area contributed by atoms with Crippen LogP contribution in [0.2, 0.25) is 0 Å². The number of aliphatic carboxylic acids is 1. The van der Waals surface area contributed by atoms with Gasteiger partial charge < -0.3 is 10.8 Å². The third-order valence-electron chi connectivity index (χ3n) is 3.96. The van der Waals surface area contributed by atoms with Gasteiger partial charge in [-0.1, -0.05) is 11.8 Å². The maximum absolute atomic E-state index is 11.9. The van der Waals surface area contributed by atoms with Crippen LogP contribution in [-0.4, -0.2) is 79.2 Å². The summed E-state index contributed by atoms with van der Waals surface area (Å²) in [6.07, 6.45) is 0.248. The Morgan fingerprint density at radius 1 is 1.44 bits per heavy atom. The molecule has 1 unspecified atom stereocenters. The second-order valence-corrected chi connectivity index (χ2v) is 9.67. The summed E-state index contributed by atoms with van der Waals surface area (Å²) in [5.74, 6) is -1.07. The lowest BCUT2D eigenvalue weighted by molar-refractivity contribution is -0.147. The molecular formula is C12H17N7O5S3. The molecule has 0 radical (unpaired) electrons. The topological polar surface area (TPSA) is 187 Å². The molecule has 2 aliphatic rings. The van der Waals surface area contributed by atoms with Crippen molar-refractivity contribution < 1.29 is 23.1 Å². The molecule has 0 spiro atoms. The van der Waals surface area contributed by atoms with Crippen molar-refractivity contribution in [2.24, 2.45) is 10.9 Å². The number of β-lactam (4-membered cyclic amide) rings is 1. The van der Waals surface area contributed by atoms with Gasteiger partial charge in [-0.05, 0) is 22.4 Å². The number of primary sulfonamides is 1. The van der Waals surface area contributed by atoms with E-state index < -0.39 is 27.9 Å². The van der Waals surface area contributed by atoms with E-state index in [0.717, 1.165) is 0 Å². The van der Waals surface area contributed by atoms with E-state index in [9.17, 15) is 23.1 Å². The number of aromatic nitrogens is 4. The smallest absolute Gasteiger partial charge is 0.352 e. The number of hydrogen-bond acceptors (Lipinski definition) is 10. The van der Waals surface area contributed by atoms with E-state index >= 15 is 0 Å². The van der Waals surface area contributed by atoms with Crippen LogP contribution in [0.4, 0.5) is 0 Å². The number of aryl methyl sites for hydroxylation is 1. The monoisotopic (exact) mass is 435 g/mol. The highest BCUT2D eigenvalue weighted by molar-refractivity contribution is 8.01. The van der Waals surface area contributed by atoms with Gasteiger partial charge in [0, 0.05) is 18.1 Å². The Morgan fingerprint density at radius 3 is 2.85 bits per heavy atom. The fraction of sp³-hybridized carbons (Fsp3) is 0.583. The molecule has 1 aromatic rings. The number of nitrogens with two attached hydrogens (primary N) is 2. The number of rotatable bonds is 8. The fourth-order valence-corrected chi connectivity index (χ4v) is 5.57. The molecule has 1 amide bonds. The van der Waals surface area contributed by atoms with Crippen molar-refractivity contribution in [3.63, 3.8) is 0 Å². The van der Waals surface area contributed by atoms with Gasteiger partial charge in [0.1, 0.15) is 17.1 Å². The first-order valence-electron chi connectivity index (χ1n) is 7.74. The van der Waals surface area contributed by atoms with Crippen molar-refractivity contribution in [3.05, 3.63) is 11.3 Å². The summed E-state index contributed by atoms with van der Waals surface area (Å²) in [7, 11) is -3.56. The number of carbonyl (C=O) groups excluding carboxylic acids is 1. The molecule has 2 atom stereocenters. The SMILES string of the molecule is NC1C(=O)N2C(C(=O)O)=C(CSc3nnnn3CCCS(N)(=O)=O)CS[C@H]12. The predicted molar refractivity (Wildman–Crippen MR) is 96.9 cm³/mol. The zero-order chi connectivity index (χ0) is 19.8. The summed E-state index contributed by atoms with van der Waals surface area (Å²) < 4.78 is 23.4. The van der Waals surface area contributed by atoms with Gasteiger partial charge >= 0.3 is 5.97 Å². The Hall–Kier alpha value is -1.68. The zero-order valence-electron chi connectivity index (χ0n) is 13.9. The molecule has 148 valence electrons. The summed E-state index contributed by atoms with van der Waals surface area (Å²) in [5.41, 5.74) is 6.26. The molecule has 1 fully saturated rings. The lowest BCUT2D eigenvalue weighted by atomic mass is 10.0. The van der Waals surface area contributed by atoms with Crippen molar-refractivity contribution >= 4 is 45.4 Å². The van der Waals surface area contributed by atoms with E-state index in [4.69, 9.17) is 10.9 Å². The minimum Gasteiger partial charge on any atom is -0.477 e. The molecule has 5 N–H and O–H groups in total. The first kappa shape index (κ1) is 20.1. The minimum absolute atomic E-state index is 0.0359. The van der Waals surface area contributed by atoms with Gasteiger partial charge in [0.2, 0.25) is 21.1 Å². The van der Waals surface area contributed by atoms with Crippen LogP contribution >= 0.6 is 23.5 Å². The Balaban J connectivity index is 1.68. The molecular weight excluding hydrogens is 418 g/mol. The highest BCUT2D eigenvalue weighted by atomic mass is 32.2. The van der Waals surface area contributed by atoms with E-state index in [1.807, 2.05) is 0 Å². The van der Waals surface area contributed by atoms with Crippen LogP contribution in [0.25, 0.3) is 0 Å². The van der Waals surface area contributed by atoms with Crippen LogP contribution in [-0.2, 0) is 26.2 Å². The number of carboxylic acid groups (broad SMARTS) is 1. The Bertz CT molecular complexity index is 899. The molecule has 0 aliphatic carbocycles. The predicted octanol–water partition coefficient (Wildman–Crippen LogP) is -1.98. The molecule has 0 aromatic carbocycles. The highest BCUT2D eigenvalue weighted by Gasteiger charge is 2.51. The summed E-state index contributed by atoms with van der Waals surface area (Å²) in [5, 5.41) is 25.8. The second-order valence-electron chi connectivity index (χ2n) is 5.89. The minimum atomic E-state index is -3.56. The quantitative estimate of drug-likeness (QED) is 0.303. The number of fused-ring (bicyclic) bond motifs is 1. The largest absolute Gasteiger partial charge is 0.477 e. The van der Waals surface area contributed by atoms with Crippen LogP contribution in [0.5, 0.6) is 0 Å². The maximum atomic E-state index is 11.9. The van der Waals surface area contributed by atoms with Gasteiger partial charge in [0.05, 0.1) is 5.75 Å². The molecule has 3 heterocycles. The molecule has 12 nitrogen and oxygen atoms in total. The van der Waals surface area contributed by atoms with Crippen molar-refractivity contribution in [1.29, 1.82) is 0 Å². The summed E-state index contributed by atoms with van der Waals surface area (Å²) in [6.45, 7) is 0.257. The number of carbonyl (C=O) groups is 2. The molecule has 0 saturated carbocycles. The average Bonchev–Trinajstić information content (AvgIpc) is 3.04. The van der Waals surface area contributed by atoms with Crippen LogP contribution in [0.3, 0.4) is 0 Å². The molecule has 2 aliphatic heterocycles. The third kappa shape index (κ3) is 4.26. The summed E-state index contributed by atoms with van der Waals surface area (Å²) in [6, 6.07) is -0.676. The first-order valence-corrected chi connectivity index (χ1v) is 11.5. The summed E-state index contributed by atoms with van der Waals surface area (Å²) >= 11 is 2.63. The lowest BCUT2D eigenvalue weighted by Gasteiger charge is -2.48. The van der Waals surface area contributed by atoms with Crippen LogP contribution in [0.15, 0.2) is 16.4 Å². The van der Waals surface area contributed by atoms with Crippen molar-refractivity contribution in [3.8, 4) is 0 Å². The maximum Gasteiger partial charge on any atom is 0.352 e. The number of amides is 1. The molecule has 15 heteroatoms. The Morgan fingerprint density at radius 2 is 2.19 bits per heavy atom. The molecule has 1 aromatic heterocycles. The van der Waals surface area contributed by atoms with E-state index in [0.29, 0.717) is 16.5 Å². The number of thioether (sulfide) groups is 2. The van der Waals surface area contributed by atoms with Crippen molar-refractivity contribution in [1.82, 2.24) is 25.1 Å². The zero-order valence-corrected chi connectivity index (χ0v) is 16.3. The fourth-order valence-electron chi connectivity index (χ4n) is 2.70. The second kappa shape index (κ2) is 7.75. The molecule has 1 saturated heterocycles. The average molecular weight is 436 g/mol. The van der Waals surface area contributed by atoms with Gasteiger partial charge in [-0.25, -0.2) is 23.0 Å². The van der Waals surface area contributed by atoms with Crippen LogP contribution < -0.4 is 10.9 Å². The normalized spacial score (nSPS) is 22.6. The number of tetrazole rings is 1. The standard InChI is InChI=1S/C12H17N7O5S3/c13-7-9(20)19-8(11(21)22)6(4-25-10(7)19)5-26-12-15-16-17-18(12)2-1-3-27(14,23)24/h7,10H,1-5,13H2,(H,21,22)(H2,14,23,24)/t7?,10-/m1/s1. The van der Waals surface area contributed by atoms with Gasteiger partial charge in [0.25, 0.3) is 0 Å². The third-order valence-corrected chi connectivity index (χ3v) is 7.23. The molecule has 3 rings (SSSR count). The Kier molecular flexibility index (Phi) is 5.76. The van der Waals surface area contributed by atoms with E-state index in [1.165, 1.54) is 33.1 Å². The van der Waals surface area contributed by atoms with E-state index in [-0.39, 0.29) is 35.5 Å². The number of hydrogen-bond donors (Lipinski definition) is 3. The van der Waals surface area contributed by atoms with Gasteiger partial charge in [-0.2, -0.15) is 0 Å². The first-order chi connectivity index (χ1) is 12.7. The van der Waals surface area contributed by atoms with E-state index in [2.05, 4.69) is 15.5 Å². The lowest BCUT2D eigenvalue weighted by Crippen LogP contribution is -2.68.